The van der Waals surface area contributed by atoms with Crippen molar-refractivity contribution in [3.05, 3.63) is 0 Å². The average molecular weight is 1340 g/mol. The van der Waals surface area contributed by atoms with E-state index < -0.39 is 11.5 Å². The molecule has 0 bridgehead atoms. The van der Waals surface area contributed by atoms with Crippen LogP contribution in [-0.4, -0.2) is 74.5 Å². The summed E-state index contributed by atoms with van der Waals surface area (Å²) in [5.41, 5.74) is 0.947. The molecule has 6 atom stereocenters. The predicted octanol–water partition coefficient (Wildman–Crippen LogP) is 25.9. The molecular formula is C85H173F3N2O4. The van der Waals surface area contributed by atoms with Gasteiger partial charge in [-0.05, 0) is 212 Å². The third-order valence-corrected chi connectivity index (χ3v) is 21.7. The first-order valence-corrected chi connectivity index (χ1v) is 39.2. The largest absolute Gasteiger partial charge is 0.391 e. The molecule has 4 saturated carbocycles. The lowest BCUT2D eigenvalue weighted by atomic mass is 9.70. The van der Waals surface area contributed by atoms with Crippen LogP contribution in [0, 0.1) is 139 Å². The van der Waals surface area contributed by atoms with Gasteiger partial charge in [-0.2, -0.15) is 5.26 Å². The van der Waals surface area contributed by atoms with E-state index >= 15 is 0 Å². The van der Waals surface area contributed by atoms with Gasteiger partial charge in [0, 0.05) is 58.8 Å². The van der Waals surface area contributed by atoms with Gasteiger partial charge >= 0.3 is 0 Å². The number of nitriles is 1. The maximum absolute atomic E-state index is 13.0. The van der Waals surface area contributed by atoms with Crippen LogP contribution in [0.25, 0.3) is 0 Å². The molecule has 6 fully saturated rings. The topological polar surface area (TPSA) is 94.7 Å². The Morgan fingerprint density at radius 2 is 1.12 bits per heavy atom. The lowest BCUT2D eigenvalue weighted by Gasteiger charge is -2.35. The smallest absolute Gasteiger partial charge is 0.273 e. The molecule has 3 N–H and O–H groups in total. The van der Waals surface area contributed by atoms with Gasteiger partial charge < -0.3 is 25.0 Å². The fourth-order valence-corrected chi connectivity index (χ4v) is 12.2. The summed E-state index contributed by atoms with van der Waals surface area (Å²) in [4.78, 5) is 0. The number of rotatable bonds is 16. The molecule has 6 unspecified atom stereocenters. The lowest BCUT2D eigenvalue weighted by molar-refractivity contribution is -0.167. The molecule has 2 heterocycles. The number of ether oxygens (including phenoxy) is 2. The van der Waals surface area contributed by atoms with Crippen molar-refractivity contribution < 1.29 is 32.9 Å². The van der Waals surface area contributed by atoms with Crippen LogP contribution in [0.15, 0.2) is 0 Å². The fourth-order valence-electron chi connectivity index (χ4n) is 12.2. The van der Waals surface area contributed by atoms with Crippen molar-refractivity contribution in [3.63, 3.8) is 0 Å². The minimum Gasteiger partial charge on any atom is -0.391 e. The normalized spacial score (nSPS) is 23.3. The molecule has 0 aromatic heterocycles. The van der Waals surface area contributed by atoms with Crippen molar-refractivity contribution in [2.45, 2.75) is 368 Å². The maximum atomic E-state index is 13.0. The molecule has 2 saturated heterocycles. The van der Waals surface area contributed by atoms with Gasteiger partial charge in [-0.15, -0.1) is 0 Å². The Bertz CT molecular complexity index is 1770. The SMILES string of the molecule is CC(C)(C)CC1CC1.CC(C)(C)CCC1CCOCC1.CC(C)C(C)(C)C.CC(C)C1CCC(O)(C(C)(F)F)C1.CC(C)C1CNCC1O.CC(C)CCCF.CC(C1CC1)C(C)(C)C.CC1CCC(C(C)(C)C)CC1.CCC(C#N)C(C)C.COCC(C(C)C)C(C)C. The first-order valence-electron chi connectivity index (χ1n) is 39.2. The molecule has 0 spiro atoms. The second-order valence-corrected chi connectivity index (χ2v) is 38.7. The van der Waals surface area contributed by atoms with Gasteiger partial charge in [0.25, 0.3) is 5.92 Å². The molecule has 4 aliphatic carbocycles. The van der Waals surface area contributed by atoms with E-state index in [0.717, 1.165) is 119 Å². The summed E-state index contributed by atoms with van der Waals surface area (Å²) in [6, 6.07) is 2.25. The summed E-state index contributed by atoms with van der Waals surface area (Å²) >= 11 is 0. The lowest BCUT2D eigenvalue weighted by Crippen LogP contribution is -2.43. The molecule has 0 aromatic rings. The maximum Gasteiger partial charge on any atom is 0.273 e. The summed E-state index contributed by atoms with van der Waals surface area (Å²) in [7, 11) is 1.78. The monoisotopic (exact) mass is 1340 g/mol. The number of hydrogen-bond acceptors (Lipinski definition) is 6. The van der Waals surface area contributed by atoms with Gasteiger partial charge in [0.15, 0.2) is 0 Å². The van der Waals surface area contributed by atoms with Crippen LogP contribution in [0.4, 0.5) is 13.2 Å². The van der Waals surface area contributed by atoms with Crippen LogP contribution in [0.5, 0.6) is 0 Å². The Labute approximate surface area is 589 Å². The van der Waals surface area contributed by atoms with E-state index in [9.17, 15) is 23.4 Å². The Balaban J connectivity index is -0.000000482. The van der Waals surface area contributed by atoms with Crippen molar-refractivity contribution in [3.8, 4) is 6.07 Å². The van der Waals surface area contributed by atoms with Gasteiger partial charge in [-0.3, -0.25) is 4.39 Å². The highest BCUT2D eigenvalue weighted by Gasteiger charge is 2.53. The van der Waals surface area contributed by atoms with Gasteiger partial charge in [0.1, 0.15) is 5.60 Å². The van der Waals surface area contributed by atoms with Crippen molar-refractivity contribution in [1.29, 1.82) is 5.26 Å². The van der Waals surface area contributed by atoms with E-state index in [1.54, 1.807) is 7.11 Å². The first-order chi connectivity index (χ1) is 42.7. The highest BCUT2D eigenvalue weighted by atomic mass is 19.3. The number of alkyl halides is 3. The highest BCUT2D eigenvalue weighted by Crippen LogP contribution is 2.47. The van der Waals surface area contributed by atoms with Gasteiger partial charge in [0.05, 0.1) is 18.8 Å². The molecule has 2 aliphatic heterocycles. The van der Waals surface area contributed by atoms with Gasteiger partial charge in [-0.1, -0.05) is 247 Å². The van der Waals surface area contributed by atoms with Crippen LogP contribution in [0.1, 0.15) is 350 Å². The average Bonchev–Trinajstić information content (AvgIpc) is 1.64. The van der Waals surface area contributed by atoms with E-state index in [1.807, 2.05) is 20.8 Å². The molecule has 0 radical (unpaired) electrons. The zero-order valence-electron chi connectivity index (χ0n) is 69.9. The Hall–Kier alpha value is -0.920. The second-order valence-electron chi connectivity index (χ2n) is 38.7. The zero-order valence-corrected chi connectivity index (χ0v) is 69.9. The molecule has 6 rings (SSSR count). The number of methoxy groups -OCH3 is 1. The van der Waals surface area contributed by atoms with Crippen LogP contribution in [0.2, 0.25) is 0 Å². The fraction of sp³-hybridized carbons (Fsp3) is 0.988. The van der Waals surface area contributed by atoms with Crippen LogP contribution in [-0.2, 0) is 9.47 Å². The molecule has 9 heteroatoms. The summed E-state index contributed by atoms with van der Waals surface area (Å²) in [5, 5.41) is 30.6. The minimum atomic E-state index is -2.96. The number of hydrogen-bond donors (Lipinski definition) is 3. The zero-order chi connectivity index (χ0) is 74.4. The molecule has 0 aromatic carbocycles. The molecular weight excluding hydrogens is 1170 g/mol. The number of halogens is 3. The molecule has 6 aliphatic rings. The van der Waals surface area contributed by atoms with Crippen molar-refractivity contribution >= 4 is 0 Å². The van der Waals surface area contributed by atoms with Crippen LogP contribution in [0.3, 0.4) is 0 Å². The first kappa shape index (κ1) is 99.5. The molecule has 94 heavy (non-hydrogen) atoms. The summed E-state index contributed by atoms with van der Waals surface area (Å²) in [6.07, 6.45) is 22.4. The van der Waals surface area contributed by atoms with Crippen LogP contribution >= 0.6 is 0 Å². The van der Waals surface area contributed by atoms with E-state index in [0.29, 0.717) is 62.6 Å². The van der Waals surface area contributed by atoms with E-state index in [2.05, 4.69) is 212 Å². The van der Waals surface area contributed by atoms with Gasteiger partial charge in [-0.25, -0.2) is 8.78 Å². The van der Waals surface area contributed by atoms with Gasteiger partial charge in [0.2, 0.25) is 0 Å². The molecule has 6 nitrogen and oxygen atoms in total. The number of aliphatic hydroxyl groups is 2. The van der Waals surface area contributed by atoms with Crippen LogP contribution < -0.4 is 5.32 Å². The standard InChI is InChI=1S/C11H22O.C11H22.C10H18F2O.C9H20O.C9H18.C8H16.C7H15NO.C7H13N.C7H16.C6H13F/c1-11(2,3)7-4-10-5-8-12-9-6-10;1-9-5-7-10(8-6-9)11(2,3)4;1-7(2)8-4-5-10(13,6-8)9(3,11)12;1-7(2)9(6-10-5)8(3)4;1-7(8-5-6-8)9(2,3)4;1-8(2,3)6-7-4-5-7;1-5(2)6-3-8-4-7(6)9;1-4-7(5-8)6(2)3;1-6(2)7(3,4)5;1-6(2)4-3-5-7/h10H,4-9H2,1-3H3;9-10H,5-8H2,1-4H3;7-8,13H,4-6H2,1-3H3;7-9H,6H2,1-5H3;7-8H,5-6H2,1-4H3;7H,4-6H2,1-3H3;5-9H,3-4H2,1-2H3;6-7H,4H2,1-3H3;6H,1-5H3;6H,3-5H2,1-2H3. The predicted molar refractivity (Wildman–Crippen MR) is 410 cm³/mol. The third kappa shape index (κ3) is 53.9. The van der Waals surface area contributed by atoms with Crippen molar-refractivity contribution in [2.24, 2.45) is 128 Å². The minimum absolute atomic E-state index is 0.106. The quantitative estimate of drug-likeness (QED) is 0.143. The van der Waals surface area contributed by atoms with Crippen molar-refractivity contribution in [1.82, 2.24) is 5.32 Å². The summed E-state index contributed by atoms with van der Waals surface area (Å²) < 4.78 is 47.8. The summed E-state index contributed by atoms with van der Waals surface area (Å²) in [6.45, 7) is 77.3. The Morgan fingerprint density at radius 3 is 1.32 bits per heavy atom. The van der Waals surface area contributed by atoms with Crippen molar-refractivity contribution in [2.75, 3.05) is 46.7 Å². The number of nitrogens with zero attached hydrogens (tertiary/aromatic N) is 1. The Kier molecular flexibility index (Phi) is 52.5. The van der Waals surface area contributed by atoms with E-state index in [1.165, 1.54) is 83.5 Å². The second kappa shape index (κ2) is 49.6. The van der Waals surface area contributed by atoms with E-state index in [-0.39, 0.29) is 37.5 Å². The third-order valence-electron chi connectivity index (χ3n) is 21.7. The summed E-state index contributed by atoms with van der Waals surface area (Å²) in [5.74, 6) is 9.18. The molecule has 0 amide bonds. The number of aliphatic hydroxyl groups excluding tert-OH is 1. The number of β-amino-alcohol motifs (C(OH)–C–C–N with tert-alkyl or cyclic N) is 1. The van der Waals surface area contributed by atoms with E-state index in [4.69, 9.17) is 14.7 Å². The highest BCUT2D eigenvalue weighted by molar-refractivity contribution is 4.98. The Morgan fingerprint density at radius 1 is 0.628 bits per heavy atom. The molecule has 568 valence electrons. The number of nitrogens with one attached hydrogen (secondary N) is 1.